The summed E-state index contributed by atoms with van der Waals surface area (Å²) in [5.41, 5.74) is 1.36. The predicted molar refractivity (Wildman–Crippen MR) is 37.8 cm³/mol. The van der Waals surface area contributed by atoms with Gasteiger partial charge in [0.15, 0.2) is 0 Å². The third kappa shape index (κ3) is 0.827. The quantitative estimate of drug-likeness (QED) is 0.497. The van der Waals surface area contributed by atoms with Crippen molar-refractivity contribution in [3.05, 3.63) is 24.3 Å². The standard InChI is InChI=1S/C9H11/c1-2-7-3-4-8-6-9(8)5-7/h3,8-9H,1,4-6H2. The number of fused-ring (bicyclic) bond motifs is 1. The summed E-state index contributed by atoms with van der Waals surface area (Å²) in [6.07, 6.45) is 9.28. The maximum absolute atomic E-state index is 3.64. The molecule has 1 radical (unpaired) electrons. The van der Waals surface area contributed by atoms with Crippen molar-refractivity contribution in [3.63, 3.8) is 0 Å². The molecule has 0 amide bonds. The first kappa shape index (κ1) is 5.28. The van der Waals surface area contributed by atoms with E-state index in [9.17, 15) is 0 Å². The van der Waals surface area contributed by atoms with Gasteiger partial charge in [-0.05, 0) is 42.7 Å². The fourth-order valence-corrected chi connectivity index (χ4v) is 1.65. The first-order valence-electron chi connectivity index (χ1n) is 3.62. The Morgan fingerprint density at radius 1 is 1.56 bits per heavy atom. The minimum atomic E-state index is 1.01. The summed E-state index contributed by atoms with van der Waals surface area (Å²) in [4.78, 5) is 0. The van der Waals surface area contributed by atoms with Crippen LogP contribution in [0.3, 0.4) is 0 Å². The van der Waals surface area contributed by atoms with Gasteiger partial charge in [-0.1, -0.05) is 12.7 Å². The van der Waals surface area contributed by atoms with Crippen LogP contribution in [0.25, 0.3) is 0 Å². The van der Waals surface area contributed by atoms with Crippen LogP contribution < -0.4 is 0 Å². The molecule has 0 bridgehead atoms. The van der Waals surface area contributed by atoms with Crippen LogP contribution in [0, 0.1) is 17.9 Å². The minimum Gasteiger partial charge on any atom is -0.0909 e. The average Bonchev–Trinajstić information content (AvgIpc) is 2.64. The van der Waals surface area contributed by atoms with Crippen molar-refractivity contribution >= 4 is 0 Å². The summed E-state index contributed by atoms with van der Waals surface area (Å²) < 4.78 is 0. The fraction of sp³-hybridized carbons (Fsp3) is 0.556. The zero-order valence-electron chi connectivity index (χ0n) is 5.56. The first-order valence-corrected chi connectivity index (χ1v) is 3.62. The topological polar surface area (TPSA) is 0 Å². The van der Waals surface area contributed by atoms with Gasteiger partial charge in [-0.15, -0.1) is 0 Å². The molecule has 1 saturated carbocycles. The number of rotatable bonds is 1. The van der Waals surface area contributed by atoms with E-state index >= 15 is 0 Å². The molecule has 2 atom stereocenters. The van der Waals surface area contributed by atoms with Crippen LogP contribution in [0.2, 0.25) is 0 Å². The predicted octanol–water partition coefficient (Wildman–Crippen LogP) is 2.33. The molecular formula is C9H11. The van der Waals surface area contributed by atoms with E-state index in [0.29, 0.717) is 0 Å². The summed E-state index contributed by atoms with van der Waals surface area (Å²) in [6.45, 7) is 3.64. The van der Waals surface area contributed by atoms with Crippen LogP contribution in [-0.2, 0) is 0 Å². The van der Waals surface area contributed by atoms with Gasteiger partial charge in [-0.2, -0.15) is 0 Å². The highest BCUT2D eigenvalue weighted by Crippen LogP contribution is 2.48. The summed E-state index contributed by atoms with van der Waals surface area (Å²) >= 11 is 0. The highest BCUT2D eigenvalue weighted by molar-refractivity contribution is 5.18. The zero-order valence-corrected chi connectivity index (χ0v) is 5.56. The maximum Gasteiger partial charge on any atom is -0.0230 e. The molecule has 2 rings (SSSR count). The van der Waals surface area contributed by atoms with Crippen molar-refractivity contribution in [2.75, 3.05) is 0 Å². The lowest BCUT2D eigenvalue weighted by Crippen LogP contribution is -1.91. The lowest BCUT2D eigenvalue weighted by molar-refractivity contribution is 0.671. The van der Waals surface area contributed by atoms with Gasteiger partial charge in [0, 0.05) is 0 Å². The number of hydrogen-bond acceptors (Lipinski definition) is 0. The van der Waals surface area contributed by atoms with E-state index in [0.717, 1.165) is 11.8 Å². The Hall–Kier alpha value is -0.520. The second kappa shape index (κ2) is 1.73. The van der Waals surface area contributed by atoms with Crippen molar-refractivity contribution in [2.24, 2.45) is 11.8 Å². The Balaban J connectivity index is 2.09. The van der Waals surface area contributed by atoms with Gasteiger partial charge in [0.05, 0.1) is 0 Å². The molecule has 1 fully saturated rings. The fourth-order valence-electron chi connectivity index (χ4n) is 1.65. The molecule has 9 heavy (non-hydrogen) atoms. The molecule has 0 aromatic rings. The number of allylic oxidation sites excluding steroid dienone is 3. The van der Waals surface area contributed by atoms with Crippen molar-refractivity contribution in [3.8, 4) is 0 Å². The molecule has 0 saturated heterocycles. The van der Waals surface area contributed by atoms with Gasteiger partial charge >= 0.3 is 0 Å². The van der Waals surface area contributed by atoms with Crippen LogP contribution in [0.1, 0.15) is 19.3 Å². The molecule has 0 spiro atoms. The van der Waals surface area contributed by atoms with E-state index in [1.54, 1.807) is 0 Å². The highest BCUT2D eigenvalue weighted by atomic mass is 14.4. The van der Waals surface area contributed by atoms with Gasteiger partial charge in [0.2, 0.25) is 0 Å². The third-order valence-corrected chi connectivity index (χ3v) is 2.45. The zero-order chi connectivity index (χ0) is 6.27. The normalized spacial score (nSPS) is 38.9. The summed E-state index contributed by atoms with van der Waals surface area (Å²) in [6, 6.07) is 0. The molecule has 0 aliphatic heterocycles. The summed E-state index contributed by atoms with van der Waals surface area (Å²) in [7, 11) is 0. The molecular weight excluding hydrogens is 108 g/mol. The molecule has 0 heteroatoms. The lowest BCUT2D eigenvalue weighted by Gasteiger charge is -2.05. The van der Waals surface area contributed by atoms with Crippen LogP contribution in [0.15, 0.2) is 18.2 Å². The highest BCUT2D eigenvalue weighted by Gasteiger charge is 2.38. The molecule has 0 N–H and O–H groups in total. The van der Waals surface area contributed by atoms with Crippen LogP contribution in [0.5, 0.6) is 0 Å². The van der Waals surface area contributed by atoms with E-state index in [1.165, 1.54) is 24.8 Å². The Morgan fingerprint density at radius 2 is 2.44 bits per heavy atom. The van der Waals surface area contributed by atoms with Gasteiger partial charge in [-0.25, -0.2) is 0 Å². The summed E-state index contributed by atoms with van der Waals surface area (Å²) in [5, 5.41) is 0. The van der Waals surface area contributed by atoms with Crippen molar-refractivity contribution in [1.82, 2.24) is 0 Å². The molecule has 2 unspecified atom stereocenters. The number of hydrogen-bond donors (Lipinski definition) is 0. The Bertz CT molecular complexity index is 165. The second-order valence-corrected chi connectivity index (χ2v) is 3.10. The van der Waals surface area contributed by atoms with E-state index in [-0.39, 0.29) is 0 Å². The molecule has 0 heterocycles. The molecule has 2 aliphatic carbocycles. The van der Waals surface area contributed by atoms with Gasteiger partial charge in [0.25, 0.3) is 0 Å². The van der Waals surface area contributed by atoms with Gasteiger partial charge < -0.3 is 0 Å². The van der Waals surface area contributed by atoms with E-state index in [4.69, 9.17) is 0 Å². The monoisotopic (exact) mass is 119 g/mol. The van der Waals surface area contributed by atoms with E-state index in [2.05, 4.69) is 18.7 Å². The molecule has 47 valence electrons. The summed E-state index contributed by atoms with van der Waals surface area (Å²) in [5.74, 6) is 2.06. The molecule has 0 nitrogen and oxygen atoms in total. The third-order valence-electron chi connectivity index (χ3n) is 2.45. The minimum absolute atomic E-state index is 1.01. The van der Waals surface area contributed by atoms with Gasteiger partial charge in [0.1, 0.15) is 0 Å². The van der Waals surface area contributed by atoms with Crippen molar-refractivity contribution in [2.45, 2.75) is 19.3 Å². The SMILES string of the molecule is C=[C]C1=CCC2CC2C1. The largest absolute Gasteiger partial charge is 0.0909 e. The second-order valence-electron chi connectivity index (χ2n) is 3.10. The lowest BCUT2D eigenvalue weighted by atomic mass is 10.00. The van der Waals surface area contributed by atoms with E-state index < -0.39 is 0 Å². The Morgan fingerprint density at radius 3 is 3.11 bits per heavy atom. The van der Waals surface area contributed by atoms with Crippen molar-refractivity contribution in [1.29, 1.82) is 0 Å². The molecule has 2 aliphatic rings. The molecule has 0 aromatic carbocycles. The Kier molecular flexibility index (Phi) is 1.01. The van der Waals surface area contributed by atoms with E-state index in [1.807, 2.05) is 0 Å². The Labute approximate surface area is 56.3 Å². The first-order chi connectivity index (χ1) is 4.40. The van der Waals surface area contributed by atoms with Gasteiger partial charge in [-0.3, -0.25) is 0 Å². The smallest absolute Gasteiger partial charge is 0.0230 e. The van der Waals surface area contributed by atoms with Crippen LogP contribution in [-0.4, -0.2) is 0 Å². The average molecular weight is 119 g/mol. The maximum atomic E-state index is 3.64. The molecule has 0 aromatic heterocycles. The van der Waals surface area contributed by atoms with Crippen molar-refractivity contribution < 1.29 is 0 Å². The van der Waals surface area contributed by atoms with Crippen LogP contribution in [0.4, 0.5) is 0 Å². The van der Waals surface area contributed by atoms with Crippen LogP contribution >= 0.6 is 0 Å².